The quantitative estimate of drug-likeness (QED) is 0.889. The fourth-order valence-corrected chi connectivity index (χ4v) is 1.74. The van der Waals surface area contributed by atoms with E-state index in [1.54, 1.807) is 4.90 Å². The SMILES string of the molecule is N#CCCN(C(=O)Nc1ccc(F)cc1)C1CC1. The largest absolute Gasteiger partial charge is 0.322 e. The number of carbonyl (C=O) groups excluding carboxylic acids is 1. The number of amides is 2. The summed E-state index contributed by atoms with van der Waals surface area (Å²) in [7, 11) is 0. The summed E-state index contributed by atoms with van der Waals surface area (Å²) in [5.41, 5.74) is 0.559. The summed E-state index contributed by atoms with van der Waals surface area (Å²) in [6.07, 6.45) is 2.30. The van der Waals surface area contributed by atoms with Crippen LogP contribution in [-0.4, -0.2) is 23.5 Å². The van der Waals surface area contributed by atoms with E-state index in [0.29, 0.717) is 18.7 Å². The zero-order valence-electron chi connectivity index (χ0n) is 9.90. The van der Waals surface area contributed by atoms with Crippen LogP contribution in [0.15, 0.2) is 24.3 Å². The van der Waals surface area contributed by atoms with Crippen molar-refractivity contribution in [3.05, 3.63) is 30.1 Å². The van der Waals surface area contributed by atoms with Crippen LogP contribution >= 0.6 is 0 Å². The maximum absolute atomic E-state index is 12.7. The highest BCUT2D eigenvalue weighted by Gasteiger charge is 2.32. The van der Waals surface area contributed by atoms with Crippen molar-refractivity contribution in [1.29, 1.82) is 5.26 Å². The van der Waals surface area contributed by atoms with Crippen molar-refractivity contribution >= 4 is 11.7 Å². The summed E-state index contributed by atoms with van der Waals surface area (Å²) in [5.74, 6) is -0.337. The molecule has 1 saturated carbocycles. The molecule has 4 nitrogen and oxygen atoms in total. The molecule has 1 aromatic carbocycles. The molecule has 94 valence electrons. The number of halogens is 1. The van der Waals surface area contributed by atoms with Gasteiger partial charge in [0.15, 0.2) is 0 Å². The first-order chi connectivity index (χ1) is 8.70. The third-order valence-electron chi connectivity index (χ3n) is 2.81. The van der Waals surface area contributed by atoms with E-state index < -0.39 is 0 Å². The Morgan fingerprint density at radius 3 is 2.67 bits per heavy atom. The minimum atomic E-state index is -0.337. The molecule has 1 aliphatic rings. The monoisotopic (exact) mass is 247 g/mol. The van der Waals surface area contributed by atoms with Crippen molar-refractivity contribution in [3.8, 4) is 6.07 Å². The highest BCUT2D eigenvalue weighted by atomic mass is 19.1. The average Bonchev–Trinajstić information content (AvgIpc) is 3.17. The molecule has 18 heavy (non-hydrogen) atoms. The van der Waals surface area contributed by atoms with Gasteiger partial charge in [-0.15, -0.1) is 0 Å². The van der Waals surface area contributed by atoms with Gasteiger partial charge in [-0.3, -0.25) is 0 Å². The summed E-state index contributed by atoms with van der Waals surface area (Å²) >= 11 is 0. The Morgan fingerprint density at radius 2 is 2.11 bits per heavy atom. The molecule has 0 saturated heterocycles. The van der Waals surface area contributed by atoms with Gasteiger partial charge in [-0.05, 0) is 37.1 Å². The Balaban J connectivity index is 1.96. The van der Waals surface area contributed by atoms with Gasteiger partial charge in [0.1, 0.15) is 5.82 Å². The van der Waals surface area contributed by atoms with E-state index >= 15 is 0 Å². The van der Waals surface area contributed by atoms with Gasteiger partial charge in [-0.1, -0.05) is 0 Å². The Hall–Kier alpha value is -2.09. The molecule has 0 radical (unpaired) electrons. The number of hydrogen-bond donors (Lipinski definition) is 1. The lowest BCUT2D eigenvalue weighted by Gasteiger charge is -2.21. The normalized spacial score (nSPS) is 13.8. The van der Waals surface area contributed by atoms with Gasteiger partial charge in [-0.25, -0.2) is 9.18 Å². The number of urea groups is 1. The van der Waals surface area contributed by atoms with Gasteiger partial charge in [0.25, 0.3) is 0 Å². The fourth-order valence-electron chi connectivity index (χ4n) is 1.74. The topological polar surface area (TPSA) is 56.1 Å². The van der Waals surface area contributed by atoms with Gasteiger partial charge < -0.3 is 10.2 Å². The molecular weight excluding hydrogens is 233 g/mol. The number of carbonyl (C=O) groups is 1. The van der Waals surface area contributed by atoms with Crippen LogP contribution in [0.1, 0.15) is 19.3 Å². The number of nitrogens with one attached hydrogen (secondary N) is 1. The molecule has 1 fully saturated rings. The first kappa shape index (κ1) is 12.4. The number of hydrogen-bond acceptors (Lipinski definition) is 2. The predicted octanol–water partition coefficient (Wildman–Crippen LogP) is 2.74. The van der Waals surface area contributed by atoms with Crippen molar-refractivity contribution in [2.75, 3.05) is 11.9 Å². The van der Waals surface area contributed by atoms with Crippen LogP contribution in [0.3, 0.4) is 0 Å². The molecule has 2 rings (SSSR count). The second kappa shape index (κ2) is 5.50. The summed E-state index contributed by atoms with van der Waals surface area (Å²) in [5, 5.41) is 11.3. The Kier molecular flexibility index (Phi) is 3.78. The molecule has 0 aromatic heterocycles. The van der Waals surface area contributed by atoms with Crippen LogP contribution in [0.4, 0.5) is 14.9 Å². The molecule has 0 bridgehead atoms. The lowest BCUT2D eigenvalue weighted by atomic mass is 10.3. The van der Waals surface area contributed by atoms with Crippen molar-refractivity contribution in [1.82, 2.24) is 4.90 Å². The molecule has 0 atom stereocenters. The Bertz CT molecular complexity index is 462. The second-order valence-electron chi connectivity index (χ2n) is 4.27. The molecular formula is C13H14FN3O. The van der Waals surface area contributed by atoms with Crippen molar-refractivity contribution in [2.45, 2.75) is 25.3 Å². The summed E-state index contributed by atoms with van der Waals surface area (Å²) in [6, 6.07) is 7.69. The van der Waals surface area contributed by atoms with E-state index in [4.69, 9.17) is 5.26 Å². The summed E-state index contributed by atoms with van der Waals surface area (Å²) in [6.45, 7) is 0.439. The van der Waals surface area contributed by atoms with Gasteiger partial charge in [0.2, 0.25) is 0 Å². The Morgan fingerprint density at radius 1 is 1.44 bits per heavy atom. The van der Waals surface area contributed by atoms with Crippen LogP contribution in [0.2, 0.25) is 0 Å². The van der Waals surface area contributed by atoms with E-state index in [9.17, 15) is 9.18 Å². The summed E-state index contributed by atoms with van der Waals surface area (Å²) < 4.78 is 12.7. The van der Waals surface area contributed by atoms with E-state index in [1.165, 1.54) is 24.3 Å². The molecule has 0 spiro atoms. The molecule has 2 amide bonds. The van der Waals surface area contributed by atoms with E-state index in [-0.39, 0.29) is 17.9 Å². The van der Waals surface area contributed by atoms with Gasteiger partial charge in [0, 0.05) is 18.3 Å². The molecule has 1 aliphatic carbocycles. The van der Waals surface area contributed by atoms with E-state index in [2.05, 4.69) is 5.32 Å². The average molecular weight is 247 g/mol. The third kappa shape index (κ3) is 3.20. The van der Waals surface area contributed by atoms with Crippen molar-refractivity contribution in [3.63, 3.8) is 0 Å². The summed E-state index contributed by atoms with van der Waals surface area (Å²) in [4.78, 5) is 13.7. The first-order valence-corrected chi connectivity index (χ1v) is 5.91. The zero-order valence-corrected chi connectivity index (χ0v) is 9.90. The van der Waals surface area contributed by atoms with E-state index in [1.807, 2.05) is 6.07 Å². The van der Waals surface area contributed by atoms with Crippen LogP contribution in [0, 0.1) is 17.1 Å². The number of nitriles is 1. The van der Waals surface area contributed by atoms with Crippen molar-refractivity contribution in [2.24, 2.45) is 0 Å². The van der Waals surface area contributed by atoms with Crippen LogP contribution in [0.5, 0.6) is 0 Å². The van der Waals surface area contributed by atoms with E-state index in [0.717, 1.165) is 12.8 Å². The standard InChI is InChI=1S/C13H14FN3O/c14-10-2-4-11(5-3-10)16-13(18)17(9-1-8-15)12-6-7-12/h2-5,12H,1,6-7,9H2,(H,16,18). The van der Waals surface area contributed by atoms with Crippen LogP contribution in [0.25, 0.3) is 0 Å². The molecule has 1 N–H and O–H groups in total. The zero-order chi connectivity index (χ0) is 13.0. The molecule has 5 heteroatoms. The van der Waals surface area contributed by atoms with Crippen LogP contribution < -0.4 is 5.32 Å². The van der Waals surface area contributed by atoms with Gasteiger partial charge >= 0.3 is 6.03 Å². The first-order valence-electron chi connectivity index (χ1n) is 5.91. The molecule has 1 aromatic rings. The minimum absolute atomic E-state index is 0.223. The molecule has 0 unspecified atom stereocenters. The number of nitrogens with zero attached hydrogens (tertiary/aromatic N) is 2. The van der Waals surface area contributed by atoms with Crippen LogP contribution in [-0.2, 0) is 0 Å². The predicted molar refractivity (Wildman–Crippen MR) is 65.4 cm³/mol. The highest BCUT2D eigenvalue weighted by molar-refractivity contribution is 5.89. The van der Waals surface area contributed by atoms with Crippen molar-refractivity contribution < 1.29 is 9.18 Å². The third-order valence-corrected chi connectivity index (χ3v) is 2.81. The number of rotatable bonds is 4. The van der Waals surface area contributed by atoms with Gasteiger partial charge in [-0.2, -0.15) is 5.26 Å². The second-order valence-corrected chi connectivity index (χ2v) is 4.27. The lowest BCUT2D eigenvalue weighted by Crippen LogP contribution is -2.37. The number of anilines is 1. The van der Waals surface area contributed by atoms with Gasteiger partial charge in [0.05, 0.1) is 12.5 Å². The lowest BCUT2D eigenvalue weighted by molar-refractivity contribution is 0.210. The molecule has 0 heterocycles. The smallest absolute Gasteiger partial charge is 0.321 e. The maximum Gasteiger partial charge on any atom is 0.322 e. The number of benzene rings is 1. The maximum atomic E-state index is 12.7. The minimum Gasteiger partial charge on any atom is -0.321 e. The Labute approximate surface area is 105 Å². The molecule has 0 aliphatic heterocycles. The highest BCUT2D eigenvalue weighted by Crippen LogP contribution is 2.27. The fraction of sp³-hybridized carbons (Fsp3) is 0.385.